The largest absolute Gasteiger partial charge is 0.436 e. The number of hydrogen-bond donors (Lipinski definition) is 1. The molecule has 1 fully saturated rings. The molecular formula is C19H18Cl2F3N7O. The summed E-state index contributed by atoms with van der Waals surface area (Å²) >= 11 is 11.8. The van der Waals surface area contributed by atoms with Crippen molar-refractivity contribution in [2.75, 3.05) is 13.1 Å². The van der Waals surface area contributed by atoms with Gasteiger partial charge in [-0.15, -0.1) is 10.2 Å². The Morgan fingerprint density at radius 1 is 1.19 bits per heavy atom. The SMILES string of the molecule is Cc1c(Cl)c(C(F)(F)F)nn1CC(=O)N1CCC(c2ccc(Cl)cc2)(c2nn[nH]n2)CC1. The number of likely N-dealkylation sites (tertiary alicyclic amines) is 1. The standard InChI is InChI=1S/C19H18Cl2F3N7O/c1-11-15(21)16(19(22,23)24)27-31(11)10-14(32)30-8-6-18(7-9-30,17-25-28-29-26-17)12-2-4-13(20)5-3-12/h2-5H,6-10H2,1H3,(H,25,26,28,29). The molecule has 1 amide bonds. The molecule has 1 aromatic carbocycles. The van der Waals surface area contributed by atoms with Crippen LogP contribution in [0.25, 0.3) is 0 Å². The lowest BCUT2D eigenvalue weighted by Crippen LogP contribution is -2.47. The van der Waals surface area contributed by atoms with Crippen LogP contribution in [0.1, 0.15) is 35.6 Å². The van der Waals surface area contributed by atoms with Gasteiger partial charge in [0.25, 0.3) is 0 Å². The maximum Gasteiger partial charge on any atom is 0.436 e. The number of benzene rings is 1. The molecule has 1 N–H and O–H groups in total. The van der Waals surface area contributed by atoms with Crippen LogP contribution < -0.4 is 0 Å². The van der Waals surface area contributed by atoms with Crippen LogP contribution in [0, 0.1) is 6.92 Å². The third-order valence-corrected chi connectivity index (χ3v) is 6.53. The highest BCUT2D eigenvalue weighted by Crippen LogP contribution is 2.40. The van der Waals surface area contributed by atoms with Crippen molar-refractivity contribution < 1.29 is 18.0 Å². The number of aromatic amines is 1. The number of amides is 1. The molecule has 1 aliphatic rings. The summed E-state index contributed by atoms with van der Waals surface area (Å²) in [6.45, 7) is 1.78. The maximum absolute atomic E-state index is 13.1. The van der Waals surface area contributed by atoms with Crippen LogP contribution in [0.2, 0.25) is 10.0 Å². The van der Waals surface area contributed by atoms with Crippen molar-refractivity contribution in [1.82, 2.24) is 35.3 Å². The minimum Gasteiger partial charge on any atom is -0.341 e. The zero-order valence-corrected chi connectivity index (χ0v) is 18.3. The second-order valence-electron chi connectivity index (χ2n) is 7.61. The summed E-state index contributed by atoms with van der Waals surface area (Å²) in [5, 5.41) is 18.1. The molecule has 1 saturated heterocycles. The fourth-order valence-electron chi connectivity index (χ4n) is 4.00. The monoisotopic (exact) mass is 487 g/mol. The second-order valence-corrected chi connectivity index (χ2v) is 8.42. The van der Waals surface area contributed by atoms with Gasteiger partial charge in [0.15, 0.2) is 11.5 Å². The van der Waals surface area contributed by atoms with E-state index in [1.165, 1.54) is 6.92 Å². The van der Waals surface area contributed by atoms with Crippen LogP contribution in [0.3, 0.4) is 0 Å². The van der Waals surface area contributed by atoms with Gasteiger partial charge in [-0.05, 0) is 37.5 Å². The first-order valence-corrected chi connectivity index (χ1v) is 10.5. The number of hydrogen-bond acceptors (Lipinski definition) is 5. The predicted octanol–water partition coefficient (Wildman–Crippen LogP) is 3.64. The highest BCUT2D eigenvalue weighted by Gasteiger charge is 2.43. The molecule has 4 rings (SSSR count). The summed E-state index contributed by atoms with van der Waals surface area (Å²) in [6, 6.07) is 7.34. The molecule has 0 atom stereocenters. The molecule has 2 aromatic heterocycles. The van der Waals surface area contributed by atoms with Gasteiger partial charge < -0.3 is 4.90 Å². The number of rotatable bonds is 4. The number of nitrogens with zero attached hydrogens (tertiary/aromatic N) is 6. The van der Waals surface area contributed by atoms with Crippen molar-refractivity contribution >= 4 is 29.1 Å². The molecule has 0 unspecified atom stereocenters. The number of aromatic nitrogens is 6. The lowest BCUT2D eigenvalue weighted by molar-refractivity contribution is -0.142. The van der Waals surface area contributed by atoms with E-state index in [0.717, 1.165) is 10.2 Å². The summed E-state index contributed by atoms with van der Waals surface area (Å²) in [5.74, 6) is 0.162. The summed E-state index contributed by atoms with van der Waals surface area (Å²) in [7, 11) is 0. The van der Waals surface area contributed by atoms with Crippen LogP contribution in [-0.2, 0) is 22.9 Å². The van der Waals surface area contributed by atoms with Crippen molar-refractivity contribution in [2.45, 2.75) is 37.9 Å². The van der Waals surface area contributed by atoms with Crippen LogP contribution in [0.5, 0.6) is 0 Å². The fraction of sp³-hybridized carbons (Fsp3) is 0.421. The minimum atomic E-state index is -4.69. The number of alkyl halides is 3. The smallest absolute Gasteiger partial charge is 0.341 e. The highest BCUT2D eigenvalue weighted by atomic mass is 35.5. The Bertz CT molecular complexity index is 1110. The zero-order chi connectivity index (χ0) is 23.1. The molecule has 0 radical (unpaired) electrons. The third kappa shape index (κ3) is 4.06. The normalized spacial score (nSPS) is 16.4. The van der Waals surface area contributed by atoms with E-state index in [0.29, 0.717) is 36.8 Å². The Labute approximate surface area is 190 Å². The molecule has 1 aliphatic heterocycles. The number of H-pyrrole nitrogens is 1. The fourth-order valence-corrected chi connectivity index (χ4v) is 4.37. The van der Waals surface area contributed by atoms with E-state index in [9.17, 15) is 18.0 Å². The van der Waals surface area contributed by atoms with Crippen molar-refractivity contribution in [3.05, 3.63) is 57.1 Å². The van der Waals surface area contributed by atoms with E-state index in [1.54, 1.807) is 17.0 Å². The Kier molecular flexibility index (Phi) is 5.89. The number of carbonyl (C=O) groups is 1. The number of piperidine rings is 1. The first-order valence-electron chi connectivity index (χ1n) is 9.69. The van der Waals surface area contributed by atoms with Crippen LogP contribution in [-0.4, -0.2) is 54.3 Å². The average Bonchev–Trinajstić information content (AvgIpc) is 3.39. The minimum absolute atomic E-state index is 0.0895. The molecule has 170 valence electrons. The lowest BCUT2D eigenvalue weighted by atomic mass is 9.72. The Morgan fingerprint density at radius 2 is 1.84 bits per heavy atom. The molecule has 3 aromatic rings. The summed E-state index contributed by atoms with van der Waals surface area (Å²) in [6.07, 6.45) is -3.68. The topological polar surface area (TPSA) is 92.6 Å². The summed E-state index contributed by atoms with van der Waals surface area (Å²) in [5.41, 5.74) is -0.725. The van der Waals surface area contributed by atoms with Gasteiger partial charge in [0.2, 0.25) is 5.91 Å². The predicted molar refractivity (Wildman–Crippen MR) is 109 cm³/mol. The highest BCUT2D eigenvalue weighted by molar-refractivity contribution is 6.32. The number of nitrogens with one attached hydrogen (secondary N) is 1. The van der Waals surface area contributed by atoms with Gasteiger partial charge in [-0.3, -0.25) is 9.48 Å². The molecule has 8 nitrogen and oxygen atoms in total. The van der Waals surface area contributed by atoms with Crippen LogP contribution >= 0.6 is 23.2 Å². The van der Waals surface area contributed by atoms with E-state index < -0.39 is 22.3 Å². The van der Waals surface area contributed by atoms with Gasteiger partial charge in [0.05, 0.1) is 16.1 Å². The maximum atomic E-state index is 13.1. The summed E-state index contributed by atoms with van der Waals surface area (Å²) < 4.78 is 40.2. The van der Waals surface area contributed by atoms with E-state index in [-0.39, 0.29) is 18.1 Å². The van der Waals surface area contributed by atoms with E-state index in [4.69, 9.17) is 23.2 Å². The lowest BCUT2D eigenvalue weighted by Gasteiger charge is -2.40. The molecule has 0 spiro atoms. The molecule has 0 aliphatic carbocycles. The van der Waals surface area contributed by atoms with E-state index >= 15 is 0 Å². The van der Waals surface area contributed by atoms with Gasteiger partial charge in [0, 0.05) is 18.1 Å². The van der Waals surface area contributed by atoms with Gasteiger partial charge in [-0.2, -0.15) is 23.5 Å². The van der Waals surface area contributed by atoms with Crippen molar-refractivity contribution in [3.8, 4) is 0 Å². The molecule has 0 saturated carbocycles. The van der Waals surface area contributed by atoms with Crippen LogP contribution in [0.4, 0.5) is 13.2 Å². The van der Waals surface area contributed by atoms with Crippen LogP contribution in [0.15, 0.2) is 24.3 Å². The molecule has 32 heavy (non-hydrogen) atoms. The Morgan fingerprint density at radius 3 is 2.38 bits per heavy atom. The van der Waals surface area contributed by atoms with Gasteiger partial charge in [0.1, 0.15) is 6.54 Å². The zero-order valence-electron chi connectivity index (χ0n) is 16.8. The third-order valence-electron chi connectivity index (χ3n) is 5.83. The number of carbonyl (C=O) groups excluding carboxylic acids is 1. The first-order chi connectivity index (χ1) is 15.1. The van der Waals surface area contributed by atoms with Gasteiger partial charge in [-0.1, -0.05) is 40.5 Å². The van der Waals surface area contributed by atoms with Gasteiger partial charge in [-0.25, -0.2) is 0 Å². The summed E-state index contributed by atoms with van der Waals surface area (Å²) in [4.78, 5) is 14.4. The van der Waals surface area contributed by atoms with Gasteiger partial charge >= 0.3 is 6.18 Å². The molecule has 13 heteroatoms. The quantitative estimate of drug-likeness (QED) is 0.606. The average molecular weight is 488 g/mol. The molecular weight excluding hydrogens is 470 g/mol. The van der Waals surface area contributed by atoms with E-state index in [1.807, 2.05) is 12.1 Å². The second kappa shape index (κ2) is 8.36. The Hall–Kier alpha value is -2.66. The number of tetrazole rings is 1. The van der Waals surface area contributed by atoms with Crippen molar-refractivity contribution in [3.63, 3.8) is 0 Å². The molecule has 0 bridgehead atoms. The molecule has 3 heterocycles. The van der Waals surface area contributed by atoms with Crippen molar-refractivity contribution in [2.24, 2.45) is 0 Å². The van der Waals surface area contributed by atoms with E-state index in [2.05, 4.69) is 25.7 Å². The number of halogens is 5. The first kappa shape index (κ1) is 22.5. The Balaban J connectivity index is 1.52. The van der Waals surface area contributed by atoms with Crippen molar-refractivity contribution in [1.29, 1.82) is 0 Å².